The highest BCUT2D eigenvalue weighted by Gasteiger charge is 2.32. The lowest BCUT2D eigenvalue weighted by molar-refractivity contribution is 0.206. The minimum Gasteiger partial charge on any atom is -0.0654 e. The van der Waals surface area contributed by atoms with Crippen LogP contribution in [0.15, 0.2) is 0 Å². The van der Waals surface area contributed by atoms with Gasteiger partial charge in [0.1, 0.15) is 0 Å². The first-order chi connectivity index (χ1) is 9.22. The molecule has 1 aliphatic carbocycles. The zero-order valence-corrected chi connectivity index (χ0v) is 14.1. The standard InChI is InChI=1S/C19H38/c1-5-8-11-17-13-14-18(15-17)19(12-9-6-2)16(4)10-7-3/h16-19H,5-15H2,1-4H3. The van der Waals surface area contributed by atoms with E-state index in [1.165, 1.54) is 64.2 Å². The topological polar surface area (TPSA) is 0 Å². The van der Waals surface area contributed by atoms with E-state index in [-0.39, 0.29) is 0 Å². The molecule has 0 aliphatic heterocycles. The van der Waals surface area contributed by atoms with E-state index < -0.39 is 0 Å². The molecular formula is C19H38. The monoisotopic (exact) mass is 266 g/mol. The summed E-state index contributed by atoms with van der Waals surface area (Å²) in [5.74, 6) is 4.14. The Morgan fingerprint density at radius 2 is 1.63 bits per heavy atom. The van der Waals surface area contributed by atoms with Crippen LogP contribution in [-0.2, 0) is 0 Å². The number of unbranched alkanes of at least 4 members (excludes halogenated alkanes) is 2. The molecular weight excluding hydrogens is 228 g/mol. The predicted octanol–water partition coefficient (Wildman–Crippen LogP) is 6.84. The first kappa shape index (κ1) is 17.1. The molecule has 1 rings (SSSR count). The lowest BCUT2D eigenvalue weighted by Crippen LogP contribution is -2.20. The maximum absolute atomic E-state index is 2.53. The van der Waals surface area contributed by atoms with Gasteiger partial charge in [0.25, 0.3) is 0 Å². The van der Waals surface area contributed by atoms with E-state index in [1.54, 1.807) is 6.42 Å². The van der Waals surface area contributed by atoms with Gasteiger partial charge in [0.2, 0.25) is 0 Å². The van der Waals surface area contributed by atoms with E-state index in [4.69, 9.17) is 0 Å². The second kappa shape index (κ2) is 9.83. The molecule has 0 aromatic carbocycles. The summed E-state index contributed by atoms with van der Waals surface area (Å²) in [6, 6.07) is 0. The highest BCUT2D eigenvalue weighted by Crippen LogP contribution is 2.43. The Kier molecular flexibility index (Phi) is 8.83. The maximum atomic E-state index is 2.53. The molecule has 0 spiro atoms. The summed E-state index contributed by atoms with van der Waals surface area (Å²) in [7, 11) is 0. The summed E-state index contributed by atoms with van der Waals surface area (Å²) in [6.45, 7) is 9.56. The van der Waals surface area contributed by atoms with Crippen molar-refractivity contribution in [1.82, 2.24) is 0 Å². The second-order valence-corrected chi connectivity index (χ2v) is 7.15. The number of hydrogen-bond donors (Lipinski definition) is 0. The molecule has 0 nitrogen and oxygen atoms in total. The Hall–Kier alpha value is 0. The van der Waals surface area contributed by atoms with Crippen LogP contribution < -0.4 is 0 Å². The van der Waals surface area contributed by atoms with Crippen LogP contribution in [0.1, 0.15) is 98.3 Å². The van der Waals surface area contributed by atoms with Crippen LogP contribution in [0.25, 0.3) is 0 Å². The second-order valence-electron chi connectivity index (χ2n) is 7.15. The Morgan fingerprint density at radius 1 is 0.895 bits per heavy atom. The van der Waals surface area contributed by atoms with Crippen LogP contribution in [0.3, 0.4) is 0 Å². The molecule has 4 unspecified atom stereocenters. The van der Waals surface area contributed by atoms with Crippen molar-refractivity contribution in [2.45, 2.75) is 98.3 Å². The van der Waals surface area contributed by atoms with Crippen molar-refractivity contribution < 1.29 is 0 Å². The smallest absolute Gasteiger partial charge is 0.0360 e. The average molecular weight is 267 g/mol. The zero-order chi connectivity index (χ0) is 14.1. The molecule has 4 atom stereocenters. The molecule has 1 aliphatic rings. The minimum atomic E-state index is 0.964. The van der Waals surface area contributed by atoms with E-state index in [0.717, 1.165) is 23.7 Å². The molecule has 0 amide bonds. The third-order valence-electron chi connectivity index (χ3n) is 5.52. The quantitative estimate of drug-likeness (QED) is 0.406. The van der Waals surface area contributed by atoms with Gasteiger partial charge >= 0.3 is 0 Å². The summed E-state index contributed by atoms with van der Waals surface area (Å²) < 4.78 is 0. The van der Waals surface area contributed by atoms with Crippen LogP contribution in [0.2, 0.25) is 0 Å². The normalized spacial score (nSPS) is 26.5. The molecule has 0 heterocycles. The van der Waals surface area contributed by atoms with Gasteiger partial charge in [-0.3, -0.25) is 0 Å². The summed E-state index contributed by atoms with van der Waals surface area (Å²) in [6.07, 6.45) is 16.1. The van der Waals surface area contributed by atoms with E-state index in [9.17, 15) is 0 Å². The van der Waals surface area contributed by atoms with E-state index >= 15 is 0 Å². The largest absolute Gasteiger partial charge is 0.0654 e. The Morgan fingerprint density at radius 3 is 2.26 bits per heavy atom. The van der Waals surface area contributed by atoms with E-state index in [0.29, 0.717) is 0 Å². The molecule has 1 fully saturated rings. The van der Waals surface area contributed by atoms with Crippen molar-refractivity contribution in [3.05, 3.63) is 0 Å². The predicted molar refractivity (Wildman–Crippen MR) is 87.4 cm³/mol. The maximum Gasteiger partial charge on any atom is -0.0360 e. The molecule has 0 heteroatoms. The van der Waals surface area contributed by atoms with Crippen molar-refractivity contribution >= 4 is 0 Å². The van der Waals surface area contributed by atoms with Gasteiger partial charge in [0.05, 0.1) is 0 Å². The molecule has 114 valence electrons. The molecule has 0 aromatic rings. The Bertz CT molecular complexity index is 208. The van der Waals surface area contributed by atoms with Gasteiger partial charge in [-0.2, -0.15) is 0 Å². The van der Waals surface area contributed by atoms with Crippen LogP contribution >= 0.6 is 0 Å². The third-order valence-corrected chi connectivity index (χ3v) is 5.52. The molecule has 0 radical (unpaired) electrons. The van der Waals surface area contributed by atoms with Crippen LogP contribution in [0.5, 0.6) is 0 Å². The van der Waals surface area contributed by atoms with Crippen LogP contribution in [0.4, 0.5) is 0 Å². The summed E-state index contributed by atoms with van der Waals surface area (Å²) >= 11 is 0. The van der Waals surface area contributed by atoms with Crippen molar-refractivity contribution in [3.8, 4) is 0 Å². The number of rotatable bonds is 10. The van der Waals surface area contributed by atoms with Gasteiger partial charge in [-0.05, 0) is 42.9 Å². The highest BCUT2D eigenvalue weighted by molar-refractivity contribution is 4.83. The molecule has 19 heavy (non-hydrogen) atoms. The van der Waals surface area contributed by atoms with E-state index in [1.807, 2.05) is 0 Å². The molecule has 0 saturated heterocycles. The summed E-state index contributed by atoms with van der Waals surface area (Å²) in [4.78, 5) is 0. The third kappa shape index (κ3) is 5.88. The Balaban J connectivity index is 2.46. The molecule has 0 N–H and O–H groups in total. The molecule has 0 aromatic heterocycles. The average Bonchev–Trinajstić information content (AvgIpc) is 2.86. The first-order valence-corrected chi connectivity index (χ1v) is 9.22. The zero-order valence-electron chi connectivity index (χ0n) is 14.1. The highest BCUT2D eigenvalue weighted by atomic mass is 14.4. The van der Waals surface area contributed by atoms with Gasteiger partial charge < -0.3 is 0 Å². The van der Waals surface area contributed by atoms with Gasteiger partial charge in [0, 0.05) is 0 Å². The van der Waals surface area contributed by atoms with Gasteiger partial charge in [0.15, 0.2) is 0 Å². The molecule has 0 bridgehead atoms. The SMILES string of the molecule is CCCCC1CCC(C(CCCC)C(C)CCC)C1. The van der Waals surface area contributed by atoms with Crippen molar-refractivity contribution in [1.29, 1.82) is 0 Å². The van der Waals surface area contributed by atoms with Crippen LogP contribution in [0, 0.1) is 23.7 Å². The lowest BCUT2D eigenvalue weighted by Gasteiger charge is -2.30. The van der Waals surface area contributed by atoms with Crippen molar-refractivity contribution in [3.63, 3.8) is 0 Å². The van der Waals surface area contributed by atoms with Crippen molar-refractivity contribution in [2.75, 3.05) is 0 Å². The first-order valence-electron chi connectivity index (χ1n) is 9.22. The molecule has 1 saturated carbocycles. The van der Waals surface area contributed by atoms with Crippen molar-refractivity contribution in [2.24, 2.45) is 23.7 Å². The fourth-order valence-electron chi connectivity index (χ4n) is 4.35. The van der Waals surface area contributed by atoms with E-state index in [2.05, 4.69) is 27.7 Å². The van der Waals surface area contributed by atoms with Gasteiger partial charge in [-0.1, -0.05) is 79.1 Å². The summed E-state index contributed by atoms with van der Waals surface area (Å²) in [5, 5.41) is 0. The summed E-state index contributed by atoms with van der Waals surface area (Å²) in [5.41, 5.74) is 0. The fraction of sp³-hybridized carbons (Fsp3) is 1.00. The van der Waals surface area contributed by atoms with Crippen LogP contribution in [-0.4, -0.2) is 0 Å². The minimum absolute atomic E-state index is 0.964. The lowest BCUT2D eigenvalue weighted by atomic mass is 9.76. The van der Waals surface area contributed by atoms with Gasteiger partial charge in [-0.25, -0.2) is 0 Å². The van der Waals surface area contributed by atoms with Gasteiger partial charge in [-0.15, -0.1) is 0 Å². The fourth-order valence-corrected chi connectivity index (χ4v) is 4.35. The Labute approximate surface area is 122 Å². The number of hydrogen-bond acceptors (Lipinski definition) is 0.